The molecule has 3 rings (SSSR count). The van der Waals surface area contributed by atoms with Crippen LogP contribution in [0.3, 0.4) is 0 Å². The van der Waals surface area contributed by atoms with Crippen LogP contribution in [0, 0.1) is 23.0 Å². The summed E-state index contributed by atoms with van der Waals surface area (Å²) in [6.07, 6.45) is 0. The maximum Gasteiger partial charge on any atom is 0.269 e. The van der Waals surface area contributed by atoms with Crippen LogP contribution in [0.25, 0.3) is 0 Å². The van der Waals surface area contributed by atoms with Gasteiger partial charge in [0.2, 0.25) is 5.91 Å². The lowest BCUT2D eigenvalue weighted by Crippen LogP contribution is -2.38. The first kappa shape index (κ1) is 22.9. The molecule has 2 aromatic rings. The molecule has 0 saturated carbocycles. The van der Waals surface area contributed by atoms with Crippen LogP contribution in [-0.4, -0.2) is 60.5 Å². The Morgan fingerprint density at radius 3 is 2.42 bits per heavy atom. The zero-order valence-corrected chi connectivity index (χ0v) is 18.5. The number of nitro benzene ring substituents is 1. The van der Waals surface area contributed by atoms with Gasteiger partial charge in [-0.05, 0) is 24.0 Å². The molecular weight excluding hydrogens is 394 g/mol. The van der Waals surface area contributed by atoms with Gasteiger partial charge in [0, 0.05) is 64.8 Å². The largest absolute Gasteiger partial charge is 0.383 e. The van der Waals surface area contributed by atoms with Crippen LogP contribution in [0.15, 0.2) is 48.5 Å². The first-order valence-corrected chi connectivity index (χ1v) is 10.6. The molecule has 1 heterocycles. The minimum atomic E-state index is -0.376. The van der Waals surface area contributed by atoms with Crippen LogP contribution in [0.1, 0.15) is 29.5 Å². The van der Waals surface area contributed by atoms with E-state index in [1.807, 2.05) is 17.0 Å². The van der Waals surface area contributed by atoms with Crippen molar-refractivity contribution in [2.24, 2.45) is 5.92 Å². The molecule has 0 spiro atoms. The van der Waals surface area contributed by atoms with Crippen molar-refractivity contribution in [3.05, 3.63) is 75.3 Å². The standard InChI is InChI=1S/C24H31N3O4/c1-18-4-8-21(9-5-18)24-17-25(14-20-6-10-23(11-7-20)27(29)30)15-22(24)16-26(19(2)28)12-13-31-3/h4-11,22,24H,12-17H2,1-3H3. The lowest BCUT2D eigenvalue weighted by Gasteiger charge is -2.27. The van der Waals surface area contributed by atoms with E-state index in [4.69, 9.17) is 4.74 Å². The third-order valence-electron chi connectivity index (χ3n) is 6.04. The van der Waals surface area contributed by atoms with Crippen molar-refractivity contribution in [2.45, 2.75) is 26.3 Å². The van der Waals surface area contributed by atoms with Crippen LogP contribution in [0.2, 0.25) is 0 Å². The lowest BCUT2D eigenvalue weighted by molar-refractivity contribution is -0.384. The fourth-order valence-corrected chi connectivity index (χ4v) is 4.31. The summed E-state index contributed by atoms with van der Waals surface area (Å²) in [6.45, 7) is 7.98. The number of nitrogens with zero attached hydrogens (tertiary/aromatic N) is 3. The SMILES string of the molecule is COCCN(CC1CN(Cc2ccc([N+](=O)[O-])cc2)CC1c1ccc(C)cc1)C(C)=O. The third-order valence-corrected chi connectivity index (χ3v) is 6.04. The highest BCUT2D eigenvalue weighted by Gasteiger charge is 2.35. The van der Waals surface area contributed by atoms with E-state index in [1.54, 1.807) is 26.2 Å². The number of ether oxygens (including phenoxy) is 1. The van der Waals surface area contributed by atoms with Gasteiger partial charge in [0.05, 0.1) is 11.5 Å². The molecule has 2 aromatic carbocycles. The Balaban J connectivity index is 1.76. The van der Waals surface area contributed by atoms with E-state index in [9.17, 15) is 14.9 Å². The van der Waals surface area contributed by atoms with Crippen molar-refractivity contribution in [3.8, 4) is 0 Å². The number of amides is 1. The maximum atomic E-state index is 12.2. The van der Waals surface area contributed by atoms with Gasteiger partial charge in [-0.1, -0.05) is 42.0 Å². The lowest BCUT2D eigenvalue weighted by atomic mass is 9.88. The van der Waals surface area contributed by atoms with Gasteiger partial charge in [0.1, 0.15) is 0 Å². The van der Waals surface area contributed by atoms with Gasteiger partial charge in [0.15, 0.2) is 0 Å². The van der Waals surface area contributed by atoms with E-state index in [2.05, 4.69) is 36.1 Å². The number of non-ortho nitro benzene ring substituents is 1. The smallest absolute Gasteiger partial charge is 0.269 e. The average Bonchev–Trinajstić information content (AvgIpc) is 3.14. The average molecular weight is 426 g/mol. The van der Waals surface area contributed by atoms with Gasteiger partial charge >= 0.3 is 0 Å². The number of rotatable bonds is 9. The van der Waals surface area contributed by atoms with Crippen molar-refractivity contribution < 1.29 is 14.5 Å². The fraction of sp³-hybridized carbons (Fsp3) is 0.458. The summed E-state index contributed by atoms with van der Waals surface area (Å²) in [5.41, 5.74) is 3.68. The molecule has 1 aliphatic rings. The van der Waals surface area contributed by atoms with Crippen molar-refractivity contribution in [3.63, 3.8) is 0 Å². The number of likely N-dealkylation sites (tertiary alicyclic amines) is 1. The minimum Gasteiger partial charge on any atom is -0.383 e. The maximum absolute atomic E-state index is 12.2. The number of carbonyl (C=O) groups excluding carboxylic acids is 1. The molecular formula is C24H31N3O4. The van der Waals surface area contributed by atoms with Crippen LogP contribution >= 0.6 is 0 Å². The molecule has 7 heteroatoms. The molecule has 1 saturated heterocycles. The molecule has 31 heavy (non-hydrogen) atoms. The van der Waals surface area contributed by atoms with Crippen molar-refractivity contribution >= 4 is 11.6 Å². The van der Waals surface area contributed by atoms with E-state index in [1.165, 1.54) is 11.1 Å². The molecule has 0 N–H and O–H groups in total. The molecule has 7 nitrogen and oxygen atoms in total. The Morgan fingerprint density at radius 1 is 1.16 bits per heavy atom. The highest BCUT2D eigenvalue weighted by molar-refractivity contribution is 5.73. The molecule has 0 aromatic heterocycles. The highest BCUT2D eigenvalue weighted by Crippen LogP contribution is 2.34. The number of hydrogen-bond acceptors (Lipinski definition) is 5. The Kier molecular flexibility index (Phi) is 7.76. The Morgan fingerprint density at radius 2 is 1.84 bits per heavy atom. The molecule has 2 unspecified atom stereocenters. The number of nitro groups is 1. The van der Waals surface area contributed by atoms with E-state index in [0.717, 1.165) is 25.2 Å². The zero-order valence-electron chi connectivity index (χ0n) is 18.5. The van der Waals surface area contributed by atoms with Gasteiger partial charge < -0.3 is 9.64 Å². The van der Waals surface area contributed by atoms with Crippen LogP contribution in [0.5, 0.6) is 0 Å². The van der Waals surface area contributed by atoms with E-state index >= 15 is 0 Å². The molecule has 0 aliphatic carbocycles. The predicted molar refractivity (Wildman–Crippen MR) is 120 cm³/mol. The fourth-order valence-electron chi connectivity index (χ4n) is 4.31. The Labute approximate surface area is 183 Å². The van der Waals surface area contributed by atoms with Gasteiger partial charge in [-0.3, -0.25) is 19.8 Å². The second-order valence-electron chi connectivity index (χ2n) is 8.35. The normalized spacial score (nSPS) is 18.8. The van der Waals surface area contributed by atoms with Gasteiger partial charge in [-0.15, -0.1) is 0 Å². The molecule has 1 amide bonds. The Bertz CT molecular complexity index is 883. The predicted octanol–water partition coefficient (Wildman–Crippen LogP) is 3.61. The highest BCUT2D eigenvalue weighted by atomic mass is 16.6. The van der Waals surface area contributed by atoms with E-state index in [0.29, 0.717) is 31.5 Å². The van der Waals surface area contributed by atoms with E-state index < -0.39 is 0 Å². The van der Waals surface area contributed by atoms with Gasteiger partial charge in [-0.2, -0.15) is 0 Å². The summed E-state index contributed by atoms with van der Waals surface area (Å²) in [6, 6.07) is 15.4. The zero-order chi connectivity index (χ0) is 22.4. The van der Waals surface area contributed by atoms with Crippen LogP contribution in [-0.2, 0) is 16.1 Å². The first-order chi connectivity index (χ1) is 14.9. The molecule has 0 radical (unpaired) electrons. The summed E-state index contributed by atoms with van der Waals surface area (Å²) >= 11 is 0. The third kappa shape index (κ3) is 6.12. The number of aryl methyl sites for hydroxylation is 1. The molecule has 1 aliphatic heterocycles. The second-order valence-corrected chi connectivity index (χ2v) is 8.35. The number of methoxy groups -OCH3 is 1. The summed E-state index contributed by atoms with van der Waals surface area (Å²) < 4.78 is 5.19. The van der Waals surface area contributed by atoms with Gasteiger partial charge in [0.25, 0.3) is 5.69 Å². The summed E-state index contributed by atoms with van der Waals surface area (Å²) in [4.78, 5) is 27.0. The summed E-state index contributed by atoms with van der Waals surface area (Å²) in [5.74, 6) is 0.693. The van der Waals surface area contributed by atoms with Gasteiger partial charge in [-0.25, -0.2) is 0 Å². The van der Waals surface area contributed by atoms with Crippen molar-refractivity contribution in [2.75, 3.05) is 39.9 Å². The summed E-state index contributed by atoms with van der Waals surface area (Å²) in [5, 5.41) is 10.9. The minimum absolute atomic E-state index is 0.0634. The molecule has 1 fully saturated rings. The topological polar surface area (TPSA) is 75.9 Å². The quantitative estimate of drug-likeness (QED) is 0.453. The monoisotopic (exact) mass is 425 g/mol. The molecule has 166 valence electrons. The number of carbonyl (C=O) groups is 1. The van der Waals surface area contributed by atoms with Crippen molar-refractivity contribution in [1.82, 2.24) is 9.80 Å². The number of benzene rings is 2. The first-order valence-electron chi connectivity index (χ1n) is 10.6. The molecule has 2 atom stereocenters. The van der Waals surface area contributed by atoms with E-state index in [-0.39, 0.29) is 16.5 Å². The second kappa shape index (κ2) is 10.5. The van der Waals surface area contributed by atoms with Crippen LogP contribution < -0.4 is 0 Å². The Hall–Kier alpha value is -2.77. The summed E-state index contributed by atoms with van der Waals surface area (Å²) in [7, 11) is 1.65. The number of hydrogen-bond donors (Lipinski definition) is 0. The van der Waals surface area contributed by atoms with Crippen molar-refractivity contribution in [1.29, 1.82) is 0 Å². The molecule has 0 bridgehead atoms. The van der Waals surface area contributed by atoms with Crippen LogP contribution in [0.4, 0.5) is 5.69 Å².